The summed E-state index contributed by atoms with van der Waals surface area (Å²) in [7, 11) is 0. The Labute approximate surface area is 87.3 Å². The molecule has 1 aromatic rings. The lowest BCUT2D eigenvalue weighted by molar-refractivity contribution is 0.553. The Morgan fingerprint density at radius 1 is 1.21 bits per heavy atom. The van der Waals surface area contributed by atoms with E-state index in [9.17, 15) is 0 Å². The molecule has 0 heteroatoms. The molecule has 0 amide bonds. The van der Waals surface area contributed by atoms with Gasteiger partial charge in [0.05, 0.1) is 0 Å². The molecule has 1 aliphatic rings. The second kappa shape index (κ2) is 4.63. The van der Waals surface area contributed by atoms with Gasteiger partial charge < -0.3 is 0 Å². The fraction of sp³-hybridized carbons (Fsp3) is 0.500. The Morgan fingerprint density at radius 3 is 2.71 bits per heavy atom. The van der Waals surface area contributed by atoms with Gasteiger partial charge in [0.1, 0.15) is 0 Å². The second-order valence-electron chi connectivity index (χ2n) is 4.29. The van der Waals surface area contributed by atoms with Crippen molar-refractivity contribution in [2.45, 2.75) is 39.0 Å². The predicted molar refractivity (Wildman–Crippen MR) is 61.0 cm³/mol. The van der Waals surface area contributed by atoms with Crippen LogP contribution in [0.25, 0.3) is 0 Å². The molecular formula is C14H19. The number of hydrogen-bond donors (Lipinski definition) is 0. The zero-order chi connectivity index (χ0) is 9.80. The highest BCUT2D eigenvalue weighted by atomic mass is 14.3. The third-order valence-corrected chi connectivity index (χ3v) is 3.41. The summed E-state index contributed by atoms with van der Waals surface area (Å²) in [6.45, 7) is 2.30. The minimum absolute atomic E-state index is 0.877. The monoisotopic (exact) mass is 187 g/mol. The number of hydrogen-bond acceptors (Lipinski definition) is 0. The van der Waals surface area contributed by atoms with Gasteiger partial charge in [-0.1, -0.05) is 43.7 Å². The zero-order valence-electron chi connectivity index (χ0n) is 9.00. The van der Waals surface area contributed by atoms with Gasteiger partial charge in [0.2, 0.25) is 0 Å². The maximum Gasteiger partial charge on any atom is -0.0209 e. The van der Waals surface area contributed by atoms with E-state index in [-0.39, 0.29) is 0 Å². The van der Waals surface area contributed by atoms with E-state index < -0.39 is 0 Å². The van der Waals surface area contributed by atoms with E-state index in [2.05, 4.69) is 37.3 Å². The van der Waals surface area contributed by atoms with Gasteiger partial charge in [-0.05, 0) is 43.1 Å². The van der Waals surface area contributed by atoms with Crippen LogP contribution in [-0.4, -0.2) is 0 Å². The minimum atomic E-state index is 0.877. The van der Waals surface area contributed by atoms with E-state index in [4.69, 9.17) is 0 Å². The summed E-state index contributed by atoms with van der Waals surface area (Å²) in [5.74, 6) is 2.68. The van der Waals surface area contributed by atoms with E-state index in [1.54, 1.807) is 5.92 Å². The Balaban J connectivity index is 1.97. The largest absolute Gasteiger partial charge is 0.0648 e. The highest BCUT2D eigenvalue weighted by Crippen LogP contribution is 2.37. The average Bonchev–Trinajstić information content (AvgIpc) is 2.67. The van der Waals surface area contributed by atoms with Crippen molar-refractivity contribution in [3.8, 4) is 0 Å². The van der Waals surface area contributed by atoms with Crippen LogP contribution < -0.4 is 0 Å². The number of rotatable bonds is 3. The fourth-order valence-electron chi connectivity index (χ4n) is 2.59. The molecule has 0 nitrogen and oxygen atoms in total. The van der Waals surface area contributed by atoms with Gasteiger partial charge in [0.15, 0.2) is 0 Å². The fourth-order valence-corrected chi connectivity index (χ4v) is 2.59. The Morgan fingerprint density at radius 2 is 2.00 bits per heavy atom. The van der Waals surface area contributed by atoms with Gasteiger partial charge in [-0.2, -0.15) is 0 Å². The lowest BCUT2D eigenvalue weighted by atomic mass is 9.88. The van der Waals surface area contributed by atoms with Crippen molar-refractivity contribution in [3.05, 3.63) is 41.8 Å². The first-order valence-electron chi connectivity index (χ1n) is 5.78. The molecule has 75 valence electrons. The first-order chi connectivity index (χ1) is 6.90. The molecule has 14 heavy (non-hydrogen) atoms. The molecule has 1 radical (unpaired) electrons. The Kier molecular flexibility index (Phi) is 3.23. The van der Waals surface area contributed by atoms with E-state index in [0.717, 1.165) is 5.92 Å². The summed E-state index contributed by atoms with van der Waals surface area (Å²) in [5.41, 5.74) is 1.50. The topological polar surface area (TPSA) is 0 Å². The van der Waals surface area contributed by atoms with Crippen LogP contribution in [0.4, 0.5) is 0 Å². The van der Waals surface area contributed by atoms with Crippen LogP contribution in [0.5, 0.6) is 0 Å². The SMILES string of the molecule is CC[C]1CCCC1Cc1ccccc1. The maximum absolute atomic E-state index is 2.30. The van der Waals surface area contributed by atoms with Crippen LogP contribution in [0.2, 0.25) is 0 Å². The molecule has 0 spiro atoms. The highest BCUT2D eigenvalue weighted by molar-refractivity contribution is 5.17. The standard InChI is InChI=1S/C14H19/c1-2-13-9-6-10-14(13)11-12-7-4-3-5-8-12/h3-5,7-8,14H,2,6,9-11H2,1H3. The van der Waals surface area contributed by atoms with Crippen LogP contribution in [0.3, 0.4) is 0 Å². The Bertz CT molecular complexity index is 263. The molecule has 0 saturated heterocycles. The minimum Gasteiger partial charge on any atom is -0.0648 e. The summed E-state index contributed by atoms with van der Waals surface area (Å²) in [6, 6.07) is 10.9. The van der Waals surface area contributed by atoms with Crippen LogP contribution in [0, 0.1) is 11.8 Å². The van der Waals surface area contributed by atoms with Crippen molar-refractivity contribution < 1.29 is 0 Å². The molecule has 0 aliphatic heterocycles. The van der Waals surface area contributed by atoms with E-state index in [1.165, 1.54) is 37.7 Å². The molecule has 2 rings (SSSR count). The molecule has 1 saturated carbocycles. The first-order valence-corrected chi connectivity index (χ1v) is 5.78. The van der Waals surface area contributed by atoms with Crippen molar-refractivity contribution in [1.29, 1.82) is 0 Å². The van der Waals surface area contributed by atoms with Crippen LogP contribution >= 0.6 is 0 Å². The van der Waals surface area contributed by atoms with Gasteiger partial charge in [-0.15, -0.1) is 0 Å². The third-order valence-electron chi connectivity index (χ3n) is 3.41. The molecule has 1 unspecified atom stereocenters. The smallest absolute Gasteiger partial charge is 0.0209 e. The van der Waals surface area contributed by atoms with Gasteiger partial charge >= 0.3 is 0 Å². The van der Waals surface area contributed by atoms with Crippen molar-refractivity contribution >= 4 is 0 Å². The van der Waals surface area contributed by atoms with Crippen LogP contribution in [0.15, 0.2) is 30.3 Å². The first kappa shape index (κ1) is 9.76. The van der Waals surface area contributed by atoms with Gasteiger partial charge in [0, 0.05) is 0 Å². The summed E-state index contributed by atoms with van der Waals surface area (Å²) in [5, 5.41) is 0. The molecule has 1 atom stereocenters. The molecular weight excluding hydrogens is 168 g/mol. The summed E-state index contributed by atoms with van der Waals surface area (Å²) in [4.78, 5) is 0. The van der Waals surface area contributed by atoms with Crippen molar-refractivity contribution in [1.82, 2.24) is 0 Å². The summed E-state index contributed by atoms with van der Waals surface area (Å²) in [6.07, 6.45) is 6.77. The predicted octanol–water partition coefficient (Wildman–Crippen LogP) is 4.01. The molecule has 0 N–H and O–H groups in total. The molecule has 1 fully saturated rings. The maximum atomic E-state index is 2.30. The number of benzene rings is 1. The summed E-state index contributed by atoms with van der Waals surface area (Å²) >= 11 is 0. The normalized spacial score (nSPS) is 22.8. The highest BCUT2D eigenvalue weighted by Gasteiger charge is 2.25. The summed E-state index contributed by atoms with van der Waals surface area (Å²) < 4.78 is 0. The van der Waals surface area contributed by atoms with Crippen molar-refractivity contribution in [3.63, 3.8) is 0 Å². The average molecular weight is 187 g/mol. The second-order valence-corrected chi connectivity index (χ2v) is 4.29. The molecule has 1 aromatic carbocycles. The van der Waals surface area contributed by atoms with Gasteiger partial charge in [-0.3, -0.25) is 0 Å². The third kappa shape index (κ3) is 2.17. The van der Waals surface area contributed by atoms with E-state index >= 15 is 0 Å². The van der Waals surface area contributed by atoms with E-state index in [1.807, 2.05) is 0 Å². The molecule has 0 bridgehead atoms. The van der Waals surface area contributed by atoms with Gasteiger partial charge in [0.25, 0.3) is 0 Å². The lowest BCUT2D eigenvalue weighted by Gasteiger charge is -2.17. The zero-order valence-corrected chi connectivity index (χ0v) is 9.00. The van der Waals surface area contributed by atoms with Crippen molar-refractivity contribution in [2.24, 2.45) is 5.92 Å². The van der Waals surface area contributed by atoms with E-state index in [0.29, 0.717) is 0 Å². The quantitative estimate of drug-likeness (QED) is 0.670. The molecule has 1 aliphatic carbocycles. The Hall–Kier alpha value is -0.780. The van der Waals surface area contributed by atoms with Gasteiger partial charge in [-0.25, -0.2) is 0 Å². The lowest BCUT2D eigenvalue weighted by Crippen LogP contribution is -2.07. The molecule has 0 aromatic heterocycles. The van der Waals surface area contributed by atoms with Crippen LogP contribution in [0.1, 0.15) is 38.2 Å². The molecule has 0 heterocycles. The van der Waals surface area contributed by atoms with Crippen molar-refractivity contribution in [2.75, 3.05) is 0 Å². The van der Waals surface area contributed by atoms with Crippen LogP contribution in [-0.2, 0) is 6.42 Å².